The third-order valence-electron chi connectivity index (χ3n) is 3.75. The van der Waals surface area contributed by atoms with Crippen LogP contribution in [0.4, 0.5) is 0 Å². The summed E-state index contributed by atoms with van der Waals surface area (Å²) in [4.78, 5) is 0. The quantitative estimate of drug-likeness (QED) is 0.690. The first-order valence-electron chi connectivity index (χ1n) is 5.34. The van der Waals surface area contributed by atoms with Gasteiger partial charge in [0.1, 0.15) is 0 Å². The van der Waals surface area contributed by atoms with Crippen LogP contribution in [0.15, 0.2) is 0 Å². The van der Waals surface area contributed by atoms with Gasteiger partial charge in [-0.1, -0.05) is 33.6 Å². The molecule has 1 heteroatoms. The van der Waals surface area contributed by atoms with E-state index in [2.05, 4.69) is 20.8 Å². The van der Waals surface area contributed by atoms with E-state index in [0.29, 0.717) is 11.8 Å². The third-order valence-corrected chi connectivity index (χ3v) is 3.75. The molecule has 0 bridgehead atoms. The summed E-state index contributed by atoms with van der Waals surface area (Å²) in [5, 5.41) is 9.70. The highest BCUT2D eigenvalue weighted by molar-refractivity contribution is 4.82. The summed E-state index contributed by atoms with van der Waals surface area (Å²) in [5.41, 5.74) is 0. The molecule has 72 valence electrons. The van der Waals surface area contributed by atoms with Crippen LogP contribution >= 0.6 is 0 Å². The summed E-state index contributed by atoms with van der Waals surface area (Å²) in [6.07, 6.45) is 4.74. The number of aliphatic hydroxyl groups excluding tert-OH is 1. The van der Waals surface area contributed by atoms with Crippen molar-refractivity contribution >= 4 is 0 Å². The van der Waals surface area contributed by atoms with Crippen LogP contribution in [0.2, 0.25) is 0 Å². The summed E-state index contributed by atoms with van der Waals surface area (Å²) in [6, 6.07) is 0. The molecule has 4 unspecified atom stereocenters. The van der Waals surface area contributed by atoms with Gasteiger partial charge >= 0.3 is 0 Å². The minimum absolute atomic E-state index is 0.00556. The first-order valence-corrected chi connectivity index (χ1v) is 5.34. The van der Waals surface area contributed by atoms with Crippen LogP contribution in [-0.2, 0) is 0 Å². The van der Waals surface area contributed by atoms with Gasteiger partial charge in [-0.25, -0.2) is 0 Å². The highest BCUT2D eigenvalue weighted by Gasteiger charge is 2.31. The third kappa shape index (κ3) is 2.01. The largest absolute Gasteiger partial charge is 0.393 e. The first kappa shape index (κ1) is 10.0. The number of hydrogen-bond acceptors (Lipinski definition) is 1. The lowest BCUT2D eigenvalue weighted by Crippen LogP contribution is -2.25. The van der Waals surface area contributed by atoms with E-state index in [1.165, 1.54) is 19.3 Å². The molecule has 0 aromatic heterocycles. The van der Waals surface area contributed by atoms with Gasteiger partial charge in [0.05, 0.1) is 6.10 Å². The van der Waals surface area contributed by atoms with E-state index in [4.69, 9.17) is 0 Å². The summed E-state index contributed by atoms with van der Waals surface area (Å²) in [5.74, 6) is 2.05. The first-order chi connectivity index (χ1) is 5.66. The van der Waals surface area contributed by atoms with Crippen molar-refractivity contribution in [1.82, 2.24) is 0 Å². The van der Waals surface area contributed by atoms with E-state index in [9.17, 15) is 5.11 Å². The van der Waals surface area contributed by atoms with E-state index >= 15 is 0 Å². The average molecular weight is 170 g/mol. The normalized spacial score (nSPS) is 35.0. The van der Waals surface area contributed by atoms with Gasteiger partial charge in [0.15, 0.2) is 0 Å². The molecule has 0 heterocycles. The zero-order valence-electron chi connectivity index (χ0n) is 8.59. The molecule has 1 N–H and O–H groups in total. The summed E-state index contributed by atoms with van der Waals surface area (Å²) < 4.78 is 0. The van der Waals surface area contributed by atoms with Gasteiger partial charge in [0.2, 0.25) is 0 Å². The molecule has 0 amide bonds. The average Bonchev–Trinajstić information content (AvgIpc) is 2.48. The summed E-state index contributed by atoms with van der Waals surface area (Å²) in [7, 11) is 0. The highest BCUT2D eigenvalue weighted by Crippen LogP contribution is 2.36. The molecule has 1 saturated carbocycles. The molecular formula is C11H22O. The summed E-state index contributed by atoms with van der Waals surface area (Å²) >= 11 is 0. The molecule has 12 heavy (non-hydrogen) atoms. The van der Waals surface area contributed by atoms with Crippen molar-refractivity contribution in [3.8, 4) is 0 Å². The Kier molecular flexibility index (Phi) is 3.57. The van der Waals surface area contributed by atoms with Gasteiger partial charge in [-0.2, -0.15) is 0 Å². The lowest BCUT2D eigenvalue weighted by molar-refractivity contribution is 0.0839. The molecule has 0 saturated heterocycles. The van der Waals surface area contributed by atoms with E-state index in [0.717, 1.165) is 12.3 Å². The molecule has 1 nitrogen and oxygen atoms in total. The minimum atomic E-state index is -0.00556. The Morgan fingerprint density at radius 3 is 2.42 bits per heavy atom. The molecule has 1 aliphatic rings. The maximum absolute atomic E-state index is 9.70. The van der Waals surface area contributed by atoms with E-state index < -0.39 is 0 Å². The van der Waals surface area contributed by atoms with Gasteiger partial charge < -0.3 is 5.11 Å². The lowest BCUT2D eigenvalue weighted by Gasteiger charge is -2.27. The number of hydrogen-bond donors (Lipinski definition) is 1. The fraction of sp³-hybridized carbons (Fsp3) is 1.00. The van der Waals surface area contributed by atoms with Crippen LogP contribution in [0.25, 0.3) is 0 Å². The maximum atomic E-state index is 9.70. The molecule has 1 aliphatic carbocycles. The second-order valence-corrected chi connectivity index (χ2v) is 4.41. The van der Waals surface area contributed by atoms with Crippen LogP contribution < -0.4 is 0 Å². The van der Waals surface area contributed by atoms with Gasteiger partial charge in [-0.3, -0.25) is 0 Å². The molecule has 0 radical (unpaired) electrons. The van der Waals surface area contributed by atoms with Gasteiger partial charge in [0.25, 0.3) is 0 Å². The van der Waals surface area contributed by atoms with Crippen molar-refractivity contribution < 1.29 is 5.11 Å². The van der Waals surface area contributed by atoms with E-state index in [1.807, 2.05) is 0 Å². The number of aliphatic hydroxyl groups is 1. The van der Waals surface area contributed by atoms with Gasteiger partial charge in [0, 0.05) is 0 Å². The SMILES string of the molecule is CCC(C)C(C)C1CCCC1O. The van der Waals surface area contributed by atoms with Crippen LogP contribution in [-0.4, -0.2) is 11.2 Å². The molecule has 1 fully saturated rings. The molecular weight excluding hydrogens is 148 g/mol. The predicted octanol–water partition coefficient (Wildman–Crippen LogP) is 2.83. The van der Waals surface area contributed by atoms with Crippen LogP contribution in [0.3, 0.4) is 0 Å². The van der Waals surface area contributed by atoms with Crippen molar-refractivity contribution in [3.05, 3.63) is 0 Å². The molecule has 4 atom stereocenters. The van der Waals surface area contributed by atoms with Crippen LogP contribution in [0.1, 0.15) is 46.5 Å². The molecule has 1 rings (SSSR count). The Bertz CT molecular complexity index is 133. The predicted molar refractivity (Wildman–Crippen MR) is 52.0 cm³/mol. The van der Waals surface area contributed by atoms with Crippen molar-refractivity contribution in [2.75, 3.05) is 0 Å². The fourth-order valence-corrected chi connectivity index (χ4v) is 2.38. The monoisotopic (exact) mass is 170 g/mol. The molecule has 0 aromatic carbocycles. The fourth-order valence-electron chi connectivity index (χ4n) is 2.38. The molecule has 0 aliphatic heterocycles. The lowest BCUT2D eigenvalue weighted by atomic mass is 9.81. The smallest absolute Gasteiger partial charge is 0.0571 e. The highest BCUT2D eigenvalue weighted by atomic mass is 16.3. The number of rotatable bonds is 3. The standard InChI is InChI=1S/C11H22O/c1-4-8(2)9(3)10-6-5-7-11(10)12/h8-12H,4-7H2,1-3H3. The topological polar surface area (TPSA) is 20.2 Å². The molecule has 0 spiro atoms. The van der Waals surface area contributed by atoms with E-state index in [1.54, 1.807) is 0 Å². The van der Waals surface area contributed by atoms with Crippen molar-refractivity contribution in [1.29, 1.82) is 0 Å². The van der Waals surface area contributed by atoms with Crippen LogP contribution in [0, 0.1) is 17.8 Å². The van der Waals surface area contributed by atoms with Gasteiger partial charge in [-0.15, -0.1) is 0 Å². The Morgan fingerprint density at radius 1 is 1.33 bits per heavy atom. The van der Waals surface area contributed by atoms with Gasteiger partial charge in [-0.05, 0) is 30.6 Å². The van der Waals surface area contributed by atoms with Crippen molar-refractivity contribution in [3.63, 3.8) is 0 Å². The Labute approximate surface area is 76.2 Å². The Hall–Kier alpha value is -0.0400. The Balaban J connectivity index is 2.45. The maximum Gasteiger partial charge on any atom is 0.0571 e. The second-order valence-electron chi connectivity index (χ2n) is 4.41. The van der Waals surface area contributed by atoms with Crippen LogP contribution in [0.5, 0.6) is 0 Å². The van der Waals surface area contributed by atoms with Crippen molar-refractivity contribution in [2.45, 2.75) is 52.6 Å². The zero-order chi connectivity index (χ0) is 9.14. The van der Waals surface area contributed by atoms with Crippen molar-refractivity contribution in [2.24, 2.45) is 17.8 Å². The Morgan fingerprint density at radius 2 is 2.00 bits per heavy atom. The minimum Gasteiger partial charge on any atom is -0.393 e. The second kappa shape index (κ2) is 4.27. The molecule has 0 aromatic rings. The summed E-state index contributed by atoms with van der Waals surface area (Å²) in [6.45, 7) is 6.84. The zero-order valence-corrected chi connectivity index (χ0v) is 8.59. The van der Waals surface area contributed by atoms with E-state index in [-0.39, 0.29) is 6.10 Å².